The van der Waals surface area contributed by atoms with E-state index < -0.39 is 0 Å². The van der Waals surface area contributed by atoms with E-state index in [1.165, 1.54) is 11.1 Å². The van der Waals surface area contributed by atoms with Crippen molar-refractivity contribution in [1.29, 1.82) is 0 Å². The molecule has 0 bridgehead atoms. The molecule has 23 heavy (non-hydrogen) atoms. The smallest absolute Gasteiger partial charge is 0.255 e. The van der Waals surface area contributed by atoms with Crippen molar-refractivity contribution in [3.63, 3.8) is 0 Å². The molecule has 4 heteroatoms. The molecule has 0 atom stereocenters. The zero-order valence-electron chi connectivity index (χ0n) is 14.0. The number of rotatable bonds is 3. The van der Waals surface area contributed by atoms with Gasteiger partial charge in [0.15, 0.2) is 0 Å². The molecule has 1 saturated heterocycles. The first-order chi connectivity index (χ1) is 11.1. The van der Waals surface area contributed by atoms with Crippen LogP contribution < -0.4 is 0 Å². The minimum Gasteiger partial charge on any atom is -0.367 e. The van der Waals surface area contributed by atoms with Gasteiger partial charge in [0.2, 0.25) is 0 Å². The number of hydrogen-bond acceptors (Lipinski definition) is 2. The molecule has 1 fully saturated rings. The molecule has 2 aromatic rings. The number of aryl methyl sites for hydroxylation is 2. The molecule has 122 valence electrons. The van der Waals surface area contributed by atoms with Gasteiger partial charge in [-0.05, 0) is 37.0 Å². The lowest BCUT2D eigenvalue weighted by atomic mass is 10.1. The highest BCUT2D eigenvalue weighted by Gasteiger charge is 2.22. The second-order valence-electron chi connectivity index (χ2n) is 6.40. The van der Waals surface area contributed by atoms with Gasteiger partial charge in [0.05, 0.1) is 5.56 Å². The van der Waals surface area contributed by atoms with Crippen molar-refractivity contribution >= 4 is 5.91 Å². The highest BCUT2D eigenvalue weighted by molar-refractivity contribution is 5.95. The predicted octanol–water partition coefficient (Wildman–Crippen LogP) is 2.98. The molecule has 0 spiro atoms. The summed E-state index contributed by atoms with van der Waals surface area (Å²) in [6.45, 7) is 8.73. The van der Waals surface area contributed by atoms with Crippen LogP contribution in [0.4, 0.5) is 0 Å². The van der Waals surface area contributed by atoms with Gasteiger partial charge in [0, 0.05) is 45.1 Å². The van der Waals surface area contributed by atoms with Gasteiger partial charge in [0.1, 0.15) is 0 Å². The summed E-state index contributed by atoms with van der Waals surface area (Å²) in [5.41, 5.74) is 4.55. The molecule has 1 aromatic heterocycles. The largest absolute Gasteiger partial charge is 0.367 e. The number of carbonyl (C=O) groups excluding carboxylic acids is 1. The summed E-state index contributed by atoms with van der Waals surface area (Å²) in [5.74, 6) is 0.154. The molecular formula is C19H25N3O. The van der Waals surface area contributed by atoms with Crippen LogP contribution in [0.25, 0.3) is 0 Å². The van der Waals surface area contributed by atoms with Crippen molar-refractivity contribution in [3.05, 3.63) is 58.9 Å². The Bertz CT molecular complexity index is 677. The molecule has 0 unspecified atom stereocenters. The molecule has 0 saturated carbocycles. The highest BCUT2D eigenvalue weighted by Crippen LogP contribution is 2.15. The number of H-pyrrole nitrogens is 1. The fourth-order valence-electron chi connectivity index (χ4n) is 3.20. The quantitative estimate of drug-likeness (QED) is 0.946. The van der Waals surface area contributed by atoms with E-state index in [4.69, 9.17) is 0 Å². The number of aromatic nitrogens is 1. The van der Waals surface area contributed by atoms with Gasteiger partial charge in [-0.25, -0.2) is 0 Å². The number of amides is 1. The lowest BCUT2D eigenvalue weighted by Gasteiger charge is -2.22. The molecule has 1 aliphatic heterocycles. The first kappa shape index (κ1) is 15.8. The Morgan fingerprint density at radius 1 is 1.04 bits per heavy atom. The van der Waals surface area contributed by atoms with Crippen molar-refractivity contribution in [2.75, 3.05) is 26.2 Å². The van der Waals surface area contributed by atoms with E-state index in [9.17, 15) is 4.79 Å². The maximum atomic E-state index is 12.6. The van der Waals surface area contributed by atoms with Crippen LogP contribution in [0.3, 0.4) is 0 Å². The average Bonchev–Trinajstić information content (AvgIpc) is 2.83. The van der Waals surface area contributed by atoms with Crippen LogP contribution in [-0.2, 0) is 6.54 Å². The van der Waals surface area contributed by atoms with Crippen molar-refractivity contribution in [1.82, 2.24) is 14.8 Å². The van der Waals surface area contributed by atoms with Gasteiger partial charge in [0.25, 0.3) is 5.91 Å². The van der Waals surface area contributed by atoms with E-state index in [-0.39, 0.29) is 5.91 Å². The maximum absolute atomic E-state index is 12.6. The molecule has 1 aromatic carbocycles. The van der Waals surface area contributed by atoms with Gasteiger partial charge >= 0.3 is 0 Å². The van der Waals surface area contributed by atoms with Gasteiger partial charge in [-0.15, -0.1) is 0 Å². The first-order valence-electron chi connectivity index (χ1n) is 8.34. The van der Waals surface area contributed by atoms with E-state index in [0.717, 1.165) is 50.3 Å². The molecule has 2 heterocycles. The molecule has 3 rings (SSSR count). The van der Waals surface area contributed by atoms with E-state index in [1.54, 1.807) is 0 Å². The minimum atomic E-state index is 0.154. The lowest BCUT2D eigenvalue weighted by Crippen LogP contribution is -2.35. The summed E-state index contributed by atoms with van der Waals surface area (Å²) in [6.07, 6.45) is 4.73. The number of carbonyl (C=O) groups is 1. The Balaban J connectivity index is 1.62. The number of hydrogen-bond donors (Lipinski definition) is 1. The number of benzene rings is 1. The predicted molar refractivity (Wildman–Crippen MR) is 92.5 cm³/mol. The summed E-state index contributed by atoms with van der Waals surface area (Å²) in [5, 5.41) is 0. The molecule has 0 aliphatic carbocycles. The molecule has 0 radical (unpaired) electrons. The maximum Gasteiger partial charge on any atom is 0.255 e. The summed E-state index contributed by atoms with van der Waals surface area (Å²) >= 11 is 0. The standard InChI is InChI=1S/C19H25N3O/c1-15-6-3-4-7-17(15)14-21-8-5-9-22(11-10-21)19(23)18-13-20-12-16(18)2/h3-4,6-7,12-13,20H,5,8-11,14H2,1-2H3. The molecule has 1 N–H and O–H groups in total. The topological polar surface area (TPSA) is 39.3 Å². The number of nitrogens with zero attached hydrogens (tertiary/aromatic N) is 2. The van der Waals surface area contributed by atoms with Crippen LogP contribution in [0.5, 0.6) is 0 Å². The Morgan fingerprint density at radius 3 is 2.61 bits per heavy atom. The van der Waals surface area contributed by atoms with Crippen molar-refractivity contribution in [2.45, 2.75) is 26.8 Å². The summed E-state index contributed by atoms with van der Waals surface area (Å²) in [6, 6.07) is 8.55. The van der Waals surface area contributed by atoms with Crippen molar-refractivity contribution < 1.29 is 4.79 Å². The lowest BCUT2D eigenvalue weighted by molar-refractivity contribution is 0.0760. The van der Waals surface area contributed by atoms with Crippen LogP contribution in [0, 0.1) is 13.8 Å². The first-order valence-corrected chi connectivity index (χ1v) is 8.34. The SMILES string of the molecule is Cc1ccccc1CN1CCCN(C(=O)c2c[nH]cc2C)CC1. The van der Waals surface area contributed by atoms with Crippen LogP contribution in [0.15, 0.2) is 36.7 Å². The van der Waals surface area contributed by atoms with Crippen LogP contribution in [0.2, 0.25) is 0 Å². The van der Waals surface area contributed by atoms with E-state index in [0.29, 0.717) is 0 Å². The third-order valence-corrected chi connectivity index (χ3v) is 4.71. The normalized spacial score (nSPS) is 16.3. The fourth-order valence-corrected chi connectivity index (χ4v) is 3.20. The van der Waals surface area contributed by atoms with Gasteiger partial charge in [-0.3, -0.25) is 9.69 Å². The monoisotopic (exact) mass is 311 g/mol. The summed E-state index contributed by atoms with van der Waals surface area (Å²) < 4.78 is 0. The van der Waals surface area contributed by atoms with Gasteiger partial charge in [-0.2, -0.15) is 0 Å². The van der Waals surface area contributed by atoms with E-state index in [1.807, 2.05) is 24.2 Å². The van der Waals surface area contributed by atoms with E-state index in [2.05, 4.69) is 41.1 Å². The Kier molecular flexibility index (Phi) is 4.82. The van der Waals surface area contributed by atoms with Crippen molar-refractivity contribution in [2.24, 2.45) is 0 Å². The second-order valence-corrected chi connectivity index (χ2v) is 6.40. The Hall–Kier alpha value is -2.07. The van der Waals surface area contributed by atoms with Crippen LogP contribution >= 0.6 is 0 Å². The highest BCUT2D eigenvalue weighted by atomic mass is 16.2. The molecule has 1 aliphatic rings. The van der Waals surface area contributed by atoms with Crippen LogP contribution in [0.1, 0.15) is 33.5 Å². The third kappa shape index (κ3) is 3.64. The zero-order valence-corrected chi connectivity index (χ0v) is 14.0. The molecular weight excluding hydrogens is 286 g/mol. The van der Waals surface area contributed by atoms with Gasteiger partial charge in [-0.1, -0.05) is 24.3 Å². The number of nitrogens with one attached hydrogen (secondary N) is 1. The summed E-state index contributed by atoms with van der Waals surface area (Å²) in [4.78, 5) is 20.1. The van der Waals surface area contributed by atoms with E-state index >= 15 is 0 Å². The Labute approximate surface area is 138 Å². The molecule has 4 nitrogen and oxygen atoms in total. The third-order valence-electron chi connectivity index (χ3n) is 4.71. The Morgan fingerprint density at radius 2 is 1.87 bits per heavy atom. The van der Waals surface area contributed by atoms with Crippen molar-refractivity contribution in [3.8, 4) is 0 Å². The average molecular weight is 311 g/mol. The fraction of sp³-hybridized carbons (Fsp3) is 0.421. The molecule has 1 amide bonds. The van der Waals surface area contributed by atoms with Gasteiger partial charge < -0.3 is 9.88 Å². The second kappa shape index (κ2) is 7.01. The minimum absolute atomic E-state index is 0.154. The van der Waals surface area contributed by atoms with Crippen LogP contribution in [-0.4, -0.2) is 46.9 Å². The zero-order chi connectivity index (χ0) is 16.2. The number of aromatic amines is 1. The summed E-state index contributed by atoms with van der Waals surface area (Å²) in [7, 11) is 0.